The van der Waals surface area contributed by atoms with E-state index in [-0.39, 0.29) is 5.91 Å². The molecule has 98 valence electrons. The van der Waals surface area contributed by atoms with Gasteiger partial charge in [-0.25, -0.2) is 0 Å². The summed E-state index contributed by atoms with van der Waals surface area (Å²) in [6.45, 7) is 2.96. The van der Waals surface area contributed by atoms with Crippen molar-refractivity contribution >= 4 is 23.2 Å². The molecule has 3 heteroatoms. The molecule has 1 aromatic rings. The molecule has 2 rings (SSSR count). The Morgan fingerprint density at radius 2 is 2.06 bits per heavy atom. The van der Waals surface area contributed by atoms with Gasteiger partial charge >= 0.3 is 0 Å². The lowest BCUT2D eigenvalue weighted by molar-refractivity contribution is -0.117. The zero-order valence-electron chi connectivity index (χ0n) is 10.9. The van der Waals surface area contributed by atoms with Gasteiger partial charge in [0.15, 0.2) is 0 Å². The van der Waals surface area contributed by atoms with Crippen LogP contribution in [-0.2, 0) is 11.2 Å². The van der Waals surface area contributed by atoms with Gasteiger partial charge in [0, 0.05) is 24.5 Å². The summed E-state index contributed by atoms with van der Waals surface area (Å²) >= 11 is 5.83. The van der Waals surface area contributed by atoms with E-state index < -0.39 is 0 Å². The average molecular weight is 266 g/mol. The van der Waals surface area contributed by atoms with Crippen LogP contribution in [-0.4, -0.2) is 18.3 Å². The summed E-state index contributed by atoms with van der Waals surface area (Å²) in [5.41, 5.74) is 2.36. The molecule has 1 aromatic carbocycles. The second-order valence-corrected chi connectivity index (χ2v) is 5.31. The number of alkyl halides is 1. The number of rotatable bonds is 5. The molecule has 1 aliphatic heterocycles. The smallest absolute Gasteiger partial charge is 0.227 e. The standard InChI is InChI=1S/C15H20ClNO/c1-2-3-4-12-5-7-14(8-6-12)17-11-13(10-16)9-15(17)18/h5-8,13H,2-4,9-11H2,1H3. The maximum Gasteiger partial charge on any atom is 0.227 e. The van der Waals surface area contributed by atoms with Gasteiger partial charge in [0.25, 0.3) is 0 Å². The summed E-state index contributed by atoms with van der Waals surface area (Å²) in [4.78, 5) is 13.7. The fraction of sp³-hybridized carbons (Fsp3) is 0.533. The van der Waals surface area contributed by atoms with E-state index in [1.807, 2.05) is 4.90 Å². The van der Waals surface area contributed by atoms with E-state index in [0.29, 0.717) is 18.2 Å². The monoisotopic (exact) mass is 265 g/mol. The first-order chi connectivity index (χ1) is 8.74. The molecule has 18 heavy (non-hydrogen) atoms. The van der Waals surface area contributed by atoms with E-state index in [0.717, 1.165) is 18.7 Å². The highest BCUT2D eigenvalue weighted by molar-refractivity contribution is 6.18. The van der Waals surface area contributed by atoms with Crippen molar-refractivity contribution < 1.29 is 4.79 Å². The molecule has 0 N–H and O–H groups in total. The van der Waals surface area contributed by atoms with Gasteiger partial charge < -0.3 is 4.90 Å². The van der Waals surface area contributed by atoms with E-state index in [9.17, 15) is 4.79 Å². The number of carbonyl (C=O) groups is 1. The minimum atomic E-state index is 0.196. The molecule has 1 atom stereocenters. The quantitative estimate of drug-likeness (QED) is 0.745. The molecule has 0 spiro atoms. The second-order valence-electron chi connectivity index (χ2n) is 5.00. The molecule has 1 heterocycles. The van der Waals surface area contributed by atoms with Gasteiger partial charge in [-0.15, -0.1) is 11.6 Å². The van der Waals surface area contributed by atoms with E-state index in [4.69, 9.17) is 11.6 Å². The molecule has 2 nitrogen and oxygen atoms in total. The van der Waals surface area contributed by atoms with Crippen LogP contribution in [0.15, 0.2) is 24.3 Å². The van der Waals surface area contributed by atoms with Crippen molar-refractivity contribution in [2.45, 2.75) is 32.6 Å². The van der Waals surface area contributed by atoms with Crippen molar-refractivity contribution in [2.75, 3.05) is 17.3 Å². The highest BCUT2D eigenvalue weighted by Gasteiger charge is 2.29. The number of aryl methyl sites for hydroxylation is 1. The molecule has 1 fully saturated rings. The molecule has 1 saturated heterocycles. The number of anilines is 1. The van der Waals surface area contributed by atoms with E-state index in [2.05, 4.69) is 31.2 Å². The molecule has 1 unspecified atom stereocenters. The van der Waals surface area contributed by atoms with Gasteiger partial charge in [-0.2, -0.15) is 0 Å². The van der Waals surface area contributed by atoms with Crippen LogP contribution in [0.4, 0.5) is 5.69 Å². The Kier molecular flexibility index (Phi) is 4.65. The first kappa shape index (κ1) is 13.4. The lowest BCUT2D eigenvalue weighted by Crippen LogP contribution is -2.24. The molecule has 0 bridgehead atoms. The first-order valence-corrected chi connectivity index (χ1v) is 7.23. The number of amides is 1. The lowest BCUT2D eigenvalue weighted by Gasteiger charge is -2.16. The molecule has 1 aliphatic rings. The molecular formula is C15H20ClNO. The zero-order valence-corrected chi connectivity index (χ0v) is 11.6. The molecule has 0 aliphatic carbocycles. The number of benzene rings is 1. The third kappa shape index (κ3) is 3.05. The van der Waals surface area contributed by atoms with Crippen molar-refractivity contribution in [3.05, 3.63) is 29.8 Å². The highest BCUT2D eigenvalue weighted by Crippen LogP contribution is 2.26. The molecule has 0 radical (unpaired) electrons. The highest BCUT2D eigenvalue weighted by atomic mass is 35.5. The Labute approximate surface area is 114 Å². The van der Waals surface area contributed by atoms with Gasteiger partial charge in [-0.3, -0.25) is 4.79 Å². The molecular weight excluding hydrogens is 246 g/mol. The van der Waals surface area contributed by atoms with Gasteiger partial charge in [-0.05, 0) is 36.5 Å². The van der Waals surface area contributed by atoms with Crippen molar-refractivity contribution in [3.63, 3.8) is 0 Å². The average Bonchev–Trinajstić information content (AvgIpc) is 2.78. The summed E-state index contributed by atoms with van der Waals surface area (Å²) in [5.74, 6) is 1.07. The predicted octanol–water partition coefficient (Wildman–Crippen LogP) is 3.62. The van der Waals surface area contributed by atoms with Crippen LogP contribution in [0, 0.1) is 5.92 Å². The normalized spacial score (nSPS) is 19.6. The number of carbonyl (C=O) groups excluding carboxylic acids is 1. The third-order valence-corrected chi connectivity index (χ3v) is 3.93. The van der Waals surface area contributed by atoms with Gasteiger partial charge in [0.2, 0.25) is 5.91 Å². The first-order valence-electron chi connectivity index (χ1n) is 6.70. The topological polar surface area (TPSA) is 20.3 Å². The summed E-state index contributed by atoms with van der Waals surface area (Å²) in [6, 6.07) is 8.37. The van der Waals surface area contributed by atoms with E-state index in [1.165, 1.54) is 18.4 Å². The van der Waals surface area contributed by atoms with Crippen LogP contribution in [0.2, 0.25) is 0 Å². The summed E-state index contributed by atoms with van der Waals surface area (Å²) < 4.78 is 0. The van der Waals surface area contributed by atoms with Crippen LogP contribution in [0.1, 0.15) is 31.7 Å². The van der Waals surface area contributed by atoms with Crippen LogP contribution in [0.5, 0.6) is 0 Å². The van der Waals surface area contributed by atoms with Gasteiger partial charge in [0.05, 0.1) is 0 Å². The van der Waals surface area contributed by atoms with Crippen LogP contribution >= 0.6 is 11.6 Å². The maximum atomic E-state index is 11.9. The Morgan fingerprint density at radius 3 is 2.61 bits per heavy atom. The minimum absolute atomic E-state index is 0.196. The van der Waals surface area contributed by atoms with E-state index in [1.54, 1.807) is 0 Å². The Balaban J connectivity index is 2.03. The van der Waals surface area contributed by atoms with Crippen LogP contribution in [0.25, 0.3) is 0 Å². The number of hydrogen-bond donors (Lipinski definition) is 0. The minimum Gasteiger partial charge on any atom is -0.312 e. The van der Waals surface area contributed by atoms with Crippen molar-refractivity contribution in [1.29, 1.82) is 0 Å². The van der Waals surface area contributed by atoms with E-state index >= 15 is 0 Å². The Bertz CT molecular complexity index is 401. The Morgan fingerprint density at radius 1 is 1.33 bits per heavy atom. The fourth-order valence-corrected chi connectivity index (χ4v) is 2.56. The second kappa shape index (κ2) is 6.24. The number of nitrogens with zero attached hydrogens (tertiary/aromatic N) is 1. The van der Waals surface area contributed by atoms with Crippen LogP contribution < -0.4 is 4.90 Å². The van der Waals surface area contributed by atoms with Crippen LogP contribution in [0.3, 0.4) is 0 Å². The van der Waals surface area contributed by atoms with Crippen molar-refractivity contribution in [1.82, 2.24) is 0 Å². The maximum absolute atomic E-state index is 11.9. The van der Waals surface area contributed by atoms with Gasteiger partial charge in [-0.1, -0.05) is 25.5 Å². The molecule has 0 saturated carbocycles. The van der Waals surface area contributed by atoms with Crippen molar-refractivity contribution in [2.24, 2.45) is 5.92 Å². The zero-order chi connectivity index (χ0) is 13.0. The summed E-state index contributed by atoms with van der Waals surface area (Å²) in [7, 11) is 0. The van der Waals surface area contributed by atoms with Gasteiger partial charge in [0.1, 0.15) is 0 Å². The predicted molar refractivity (Wildman–Crippen MR) is 76.2 cm³/mol. The fourth-order valence-electron chi connectivity index (χ4n) is 2.36. The van der Waals surface area contributed by atoms with Crippen molar-refractivity contribution in [3.8, 4) is 0 Å². The number of unbranched alkanes of at least 4 members (excludes halogenated alkanes) is 1. The lowest BCUT2D eigenvalue weighted by atomic mass is 10.1. The summed E-state index contributed by atoms with van der Waals surface area (Å²) in [6.07, 6.45) is 4.14. The number of hydrogen-bond acceptors (Lipinski definition) is 1. The summed E-state index contributed by atoms with van der Waals surface area (Å²) in [5, 5.41) is 0. The Hall–Kier alpha value is -1.02. The third-order valence-electron chi connectivity index (χ3n) is 3.49. The number of halogens is 1. The SMILES string of the molecule is CCCCc1ccc(N2CC(CCl)CC2=O)cc1. The molecule has 1 amide bonds. The largest absolute Gasteiger partial charge is 0.312 e. The molecule has 0 aromatic heterocycles.